The standard InChI is InChI=1S/C17H30.C4H8/c1-4-8-14-10-6-7-13-17(3)15(9-5-2)11-12-16(14)17;1-4-2-3-4/h4,14-16H,1,5-13H2,2-3H3;4H,2-3H2,1H3. The molecule has 0 saturated heterocycles. The highest BCUT2D eigenvalue weighted by Gasteiger charge is 2.48. The second kappa shape index (κ2) is 7.84. The number of fused-ring (bicyclic) bond motifs is 1. The van der Waals surface area contributed by atoms with Gasteiger partial charge in [0.15, 0.2) is 0 Å². The summed E-state index contributed by atoms with van der Waals surface area (Å²) in [5.41, 5.74) is 0.667. The molecule has 0 aromatic rings. The van der Waals surface area contributed by atoms with E-state index in [0.717, 1.165) is 23.7 Å². The summed E-state index contributed by atoms with van der Waals surface area (Å²) in [6.07, 6.45) is 18.1. The fraction of sp³-hybridized carbons (Fsp3) is 0.905. The van der Waals surface area contributed by atoms with Gasteiger partial charge in [0.2, 0.25) is 0 Å². The summed E-state index contributed by atoms with van der Waals surface area (Å²) in [5.74, 6) is 4.05. The van der Waals surface area contributed by atoms with Crippen LogP contribution in [0.2, 0.25) is 0 Å². The minimum atomic E-state index is 0.667. The predicted octanol–water partition coefficient (Wildman–Crippen LogP) is 7.00. The lowest BCUT2D eigenvalue weighted by atomic mass is 9.66. The smallest absolute Gasteiger partial charge is 0.0266 e. The SMILES string of the molecule is C=CCC1CCCCC2(C)C(CCC)CCC12.CC1CC1. The number of hydrogen-bond acceptors (Lipinski definition) is 0. The van der Waals surface area contributed by atoms with Gasteiger partial charge in [-0.3, -0.25) is 0 Å². The molecular weight excluding hydrogens is 252 g/mol. The van der Waals surface area contributed by atoms with E-state index in [1.54, 1.807) is 0 Å². The average Bonchev–Trinajstić information content (AvgIpc) is 3.20. The van der Waals surface area contributed by atoms with Gasteiger partial charge in [-0.25, -0.2) is 0 Å². The van der Waals surface area contributed by atoms with Crippen LogP contribution in [-0.2, 0) is 0 Å². The molecule has 3 rings (SSSR count). The zero-order chi connectivity index (χ0) is 15.3. The van der Waals surface area contributed by atoms with Crippen molar-refractivity contribution in [1.29, 1.82) is 0 Å². The third kappa shape index (κ3) is 4.36. The third-order valence-electron chi connectivity index (χ3n) is 6.69. The van der Waals surface area contributed by atoms with Crippen LogP contribution in [0.25, 0.3) is 0 Å². The lowest BCUT2D eigenvalue weighted by molar-refractivity contribution is 0.104. The normalized spacial score (nSPS) is 38.9. The van der Waals surface area contributed by atoms with Gasteiger partial charge in [0.1, 0.15) is 0 Å². The molecule has 0 amide bonds. The Bertz CT molecular complexity index is 314. The largest absolute Gasteiger partial charge is 0.103 e. The summed E-state index contributed by atoms with van der Waals surface area (Å²) in [4.78, 5) is 0. The van der Waals surface area contributed by atoms with Gasteiger partial charge < -0.3 is 0 Å². The monoisotopic (exact) mass is 290 g/mol. The topological polar surface area (TPSA) is 0 Å². The van der Waals surface area contributed by atoms with Gasteiger partial charge in [-0.1, -0.05) is 65.4 Å². The van der Waals surface area contributed by atoms with Crippen LogP contribution in [0.1, 0.15) is 91.4 Å². The molecule has 0 spiro atoms. The van der Waals surface area contributed by atoms with Gasteiger partial charge in [0.05, 0.1) is 0 Å². The van der Waals surface area contributed by atoms with Gasteiger partial charge in [-0.2, -0.15) is 0 Å². The van der Waals surface area contributed by atoms with Crippen molar-refractivity contribution < 1.29 is 0 Å². The summed E-state index contributed by atoms with van der Waals surface area (Å²) in [7, 11) is 0. The second-order valence-electron chi connectivity index (χ2n) is 8.39. The van der Waals surface area contributed by atoms with Gasteiger partial charge in [0, 0.05) is 0 Å². The molecule has 0 aromatic carbocycles. The van der Waals surface area contributed by atoms with Crippen LogP contribution in [0, 0.1) is 29.1 Å². The zero-order valence-electron chi connectivity index (χ0n) is 14.9. The summed E-state index contributed by atoms with van der Waals surface area (Å²) in [6, 6.07) is 0. The van der Waals surface area contributed by atoms with Crippen LogP contribution in [0.4, 0.5) is 0 Å². The Morgan fingerprint density at radius 3 is 2.38 bits per heavy atom. The van der Waals surface area contributed by atoms with Crippen LogP contribution < -0.4 is 0 Å². The second-order valence-corrected chi connectivity index (χ2v) is 8.39. The molecule has 3 saturated carbocycles. The highest BCUT2D eigenvalue weighted by molar-refractivity contribution is 4.99. The molecule has 0 aliphatic heterocycles. The van der Waals surface area contributed by atoms with E-state index in [9.17, 15) is 0 Å². The van der Waals surface area contributed by atoms with E-state index < -0.39 is 0 Å². The first-order valence-electron chi connectivity index (χ1n) is 9.72. The molecule has 0 bridgehead atoms. The van der Waals surface area contributed by atoms with Crippen molar-refractivity contribution in [2.45, 2.75) is 91.4 Å². The Kier molecular flexibility index (Phi) is 6.38. The summed E-state index contributed by atoms with van der Waals surface area (Å²) in [5, 5.41) is 0. The molecule has 0 heterocycles. The minimum Gasteiger partial charge on any atom is -0.103 e. The van der Waals surface area contributed by atoms with Crippen LogP contribution in [-0.4, -0.2) is 0 Å². The van der Waals surface area contributed by atoms with Crippen LogP contribution >= 0.6 is 0 Å². The van der Waals surface area contributed by atoms with Gasteiger partial charge in [-0.15, -0.1) is 6.58 Å². The average molecular weight is 291 g/mol. The summed E-state index contributed by atoms with van der Waals surface area (Å²) < 4.78 is 0. The van der Waals surface area contributed by atoms with Gasteiger partial charge >= 0.3 is 0 Å². The Labute approximate surface area is 133 Å². The lowest BCUT2D eigenvalue weighted by Gasteiger charge is -2.39. The quantitative estimate of drug-likeness (QED) is 0.489. The van der Waals surface area contributed by atoms with Gasteiger partial charge in [0.25, 0.3) is 0 Å². The number of allylic oxidation sites excluding steroid dienone is 1. The molecule has 21 heavy (non-hydrogen) atoms. The molecule has 0 aromatic heterocycles. The first-order chi connectivity index (χ1) is 10.1. The van der Waals surface area contributed by atoms with Crippen molar-refractivity contribution in [3.05, 3.63) is 12.7 Å². The maximum Gasteiger partial charge on any atom is -0.0266 e. The van der Waals surface area contributed by atoms with E-state index in [-0.39, 0.29) is 0 Å². The third-order valence-corrected chi connectivity index (χ3v) is 6.69. The molecule has 0 N–H and O–H groups in total. The minimum absolute atomic E-state index is 0.667. The maximum absolute atomic E-state index is 3.98. The summed E-state index contributed by atoms with van der Waals surface area (Å²) >= 11 is 0. The molecule has 4 atom stereocenters. The molecule has 0 heteroatoms. The fourth-order valence-corrected chi connectivity index (χ4v) is 5.11. The maximum atomic E-state index is 3.98. The Hall–Kier alpha value is -0.260. The van der Waals surface area contributed by atoms with Crippen LogP contribution in [0.3, 0.4) is 0 Å². The zero-order valence-corrected chi connectivity index (χ0v) is 14.9. The van der Waals surface area contributed by atoms with Crippen molar-refractivity contribution in [2.75, 3.05) is 0 Å². The van der Waals surface area contributed by atoms with Crippen molar-refractivity contribution in [3.63, 3.8) is 0 Å². The number of rotatable bonds is 4. The molecule has 3 aliphatic rings. The first kappa shape index (κ1) is 17.1. The summed E-state index contributed by atoms with van der Waals surface area (Å²) in [6.45, 7) is 11.2. The van der Waals surface area contributed by atoms with Crippen LogP contribution in [0.5, 0.6) is 0 Å². The molecule has 4 unspecified atom stereocenters. The van der Waals surface area contributed by atoms with E-state index >= 15 is 0 Å². The van der Waals surface area contributed by atoms with E-state index in [0.29, 0.717) is 5.41 Å². The number of hydrogen-bond donors (Lipinski definition) is 0. The first-order valence-corrected chi connectivity index (χ1v) is 9.72. The van der Waals surface area contributed by atoms with E-state index in [4.69, 9.17) is 0 Å². The van der Waals surface area contributed by atoms with Gasteiger partial charge in [-0.05, 0) is 61.2 Å². The Balaban J connectivity index is 0.000000347. The van der Waals surface area contributed by atoms with E-state index in [1.807, 2.05) is 0 Å². The van der Waals surface area contributed by atoms with Crippen molar-refractivity contribution in [2.24, 2.45) is 29.1 Å². The molecule has 0 radical (unpaired) electrons. The predicted molar refractivity (Wildman–Crippen MR) is 94.4 cm³/mol. The van der Waals surface area contributed by atoms with Crippen molar-refractivity contribution in [1.82, 2.24) is 0 Å². The lowest BCUT2D eigenvalue weighted by Crippen LogP contribution is -2.31. The Morgan fingerprint density at radius 2 is 1.81 bits per heavy atom. The molecule has 3 aliphatic carbocycles. The Morgan fingerprint density at radius 1 is 1.10 bits per heavy atom. The van der Waals surface area contributed by atoms with E-state index in [2.05, 4.69) is 33.4 Å². The molecular formula is C21H38. The fourth-order valence-electron chi connectivity index (χ4n) is 5.11. The highest BCUT2D eigenvalue weighted by Crippen LogP contribution is 2.58. The molecule has 122 valence electrons. The van der Waals surface area contributed by atoms with Crippen molar-refractivity contribution in [3.8, 4) is 0 Å². The highest BCUT2D eigenvalue weighted by atomic mass is 14.5. The molecule has 3 fully saturated rings. The van der Waals surface area contributed by atoms with Crippen molar-refractivity contribution >= 4 is 0 Å². The van der Waals surface area contributed by atoms with Crippen LogP contribution in [0.15, 0.2) is 12.7 Å². The van der Waals surface area contributed by atoms with E-state index in [1.165, 1.54) is 70.6 Å². The molecule has 0 nitrogen and oxygen atoms in total.